The molecule has 0 aliphatic carbocycles. The number of nitrogens with zero attached hydrogens (tertiary/aromatic N) is 2. The molecular weight excluding hydrogens is 298 g/mol. The first-order chi connectivity index (χ1) is 8.72. The van der Waals surface area contributed by atoms with Crippen LogP contribution in [-0.2, 0) is 13.1 Å². The van der Waals surface area contributed by atoms with Crippen molar-refractivity contribution in [3.8, 4) is 0 Å². The molecule has 18 heavy (non-hydrogen) atoms. The fourth-order valence-corrected chi connectivity index (χ4v) is 1.88. The summed E-state index contributed by atoms with van der Waals surface area (Å²) in [5.74, 6) is 0.789. The Hall–Kier alpha value is -1.82. The highest BCUT2D eigenvalue weighted by molar-refractivity contribution is 9.10. The molecule has 2 aromatic heterocycles. The third kappa shape index (κ3) is 2.70. The van der Waals surface area contributed by atoms with E-state index in [1.54, 1.807) is 18.5 Å². The van der Waals surface area contributed by atoms with Gasteiger partial charge in [-0.15, -0.1) is 6.58 Å². The van der Waals surface area contributed by atoms with Crippen LogP contribution in [0.2, 0.25) is 0 Å². The minimum atomic E-state index is -0.195. The molecule has 1 N–H and O–H groups in total. The molecule has 0 unspecified atom stereocenters. The average molecular weight is 310 g/mol. The summed E-state index contributed by atoms with van der Waals surface area (Å²) in [5.41, 5.74) is 0.441. The van der Waals surface area contributed by atoms with Crippen molar-refractivity contribution in [3.63, 3.8) is 0 Å². The summed E-state index contributed by atoms with van der Waals surface area (Å²) in [6.45, 7) is 4.46. The molecule has 0 amide bonds. The van der Waals surface area contributed by atoms with Gasteiger partial charge in [0.15, 0.2) is 0 Å². The minimum Gasteiger partial charge on any atom is -0.467 e. The van der Waals surface area contributed by atoms with Gasteiger partial charge in [-0.25, -0.2) is 4.68 Å². The van der Waals surface area contributed by atoms with E-state index >= 15 is 0 Å². The predicted octanol–water partition coefficient (Wildman–Crippen LogP) is 2.40. The second-order valence-electron chi connectivity index (χ2n) is 3.58. The largest absolute Gasteiger partial charge is 0.467 e. The lowest BCUT2D eigenvalue weighted by molar-refractivity contribution is 0.518. The number of hydrogen-bond acceptors (Lipinski definition) is 4. The van der Waals surface area contributed by atoms with Crippen LogP contribution in [0.5, 0.6) is 0 Å². The summed E-state index contributed by atoms with van der Waals surface area (Å²) in [6.07, 6.45) is 4.82. The summed E-state index contributed by atoms with van der Waals surface area (Å²) >= 11 is 3.26. The molecule has 0 radical (unpaired) electrons. The normalized spacial score (nSPS) is 10.3. The number of nitrogens with one attached hydrogen (secondary N) is 1. The highest BCUT2D eigenvalue weighted by atomic mass is 79.9. The zero-order valence-electron chi connectivity index (χ0n) is 9.60. The molecule has 0 spiro atoms. The van der Waals surface area contributed by atoms with Gasteiger partial charge in [0.05, 0.1) is 31.2 Å². The summed E-state index contributed by atoms with van der Waals surface area (Å²) in [7, 11) is 0. The van der Waals surface area contributed by atoms with Crippen LogP contribution >= 0.6 is 15.9 Å². The second-order valence-corrected chi connectivity index (χ2v) is 4.37. The molecule has 2 aromatic rings. The molecule has 0 aromatic carbocycles. The van der Waals surface area contributed by atoms with Gasteiger partial charge in [-0.3, -0.25) is 4.79 Å². The highest BCUT2D eigenvalue weighted by Gasteiger charge is 2.08. The van der Waals surface area contributed by atoms with Crippen molar-refractivity contribution >= 4 is 21.6 Å². The smallest absolute Gasteiger partial charge is 0.283 e. The van der Waals surface area contributed by atoms with E-state index < -0.39 is 0 Å². The first-order valence-electron chi connectivity index (χ1n) is 5.35. The minimum absolute atomic E-state index is 0.195. The van der Waals surface area contributed by atoms with E-state index in [9.17, 15) is 4.79 Å². The van der Waals surface area contributed by atoms with E-state index in [2.05, 4.69) is 32.9 Å². The summed E-state index contributed by atoms with van der Waals surface area (Å²) < 4.78 is 6.97. The Kier molecular flexibility index (Phi) is 3.99. The van der Waals surface area contributed by atoms with Crippen molar-refractivity contribution < 1.29 is 4.42 Å². The van der Waals surface area contributed by atoms with E-state index in [1.807, 2.05) is 12.1 Å². The third-order valence-electron chi connectivity index (χ3n) is 2.32. The van der Waals surface area contributed by atoms with Gasteiger partial charge in [0.25, 0.3) is 5.56 Å². The number of anilines is 1. The maximum absolute atomic E-state index is 11.9. The van der Waals surface area contributed by atoms with Crippen molar-refractivity contribution in [2.75, 3.05) is 5.32 Å². The molecule has 2 rings (SSSR count). The third-order valence-corrected chi connectivity index (χ3v) is 3.09. The molecule has 0 aliphatic heterocycles. The maximum atomic E-state index is 11.9. The molecule has 94 valence electrons. The van der Waals surface area contributed by atoms with E-state index in [-0.39, 0.29) is 5.56 Å². The van der Waals surface area contributed by atoms with Crippen molar-refractivity contribution in [1.29, 1.82) is 0 Å². The van der Waals surface area contributed by atoms with Crippen LogP contribution in [-0.4, -0.2) is 9.78 Å². The van der Waals surface area contributed by atoms with E-state index in [0.29, 0.717) is 23.2 Å². The van der Waals surface area contributed by atoms with Crippen LogP contribution in [0.25, 0.3) is 0 Å². The number of rotatable bonds is 5. The standard InChI is InChI=1S/C12H12BrN3O2/c1-2-5-16-12(17)11(13)10(8-15-16)14-7-9-4-3-6-18-9/h2-4,6,8,14H,1,5,7H2. The fourth-order valence-electron chi connectivity index (χ4n) is 1.44. The van der Waals surface area contributed by atoms with Crippen molar-refractivity contribution in [2.45, 2.75) is 13.1 Å². The Morgan fingerprint density at radius 3 is 3.11 bits per heavy atom. The van der Waals surface area contributed by atoms with Crippen LogP contribution in [0.1, 0.15) is 5.76 Å². The predicted molar refractivity (Wildman–Crippen MR) is 72.4 cm³/mol. The quantitative estimate of drug-likeness (QED) is 0.862. The maximum Gasteiger partial charge on any atom is 0.283 e. The van der Waals surface area contributed by atoms with Crippen LogP contribution < -0.4 is 10.9 Å². The molecule has 0 saturated carbocycles. The molecule has 0 aliphatic rings. The van der Waals surface area contributed by atoms with Crippen molar-refractivity contribution in [3.05, 3.63) is 57.8 Å². The molecule has 2 heterocycles. The number of furan rings is 1. The monoisotopic (exact) mass is 309 g/mol. The first kappa shape index (κ1) is 12.6. The Balaban J connectivity index is 2.16. The van der Waals surface area contributed by atoms with Gasteiger partial charge in [0.1, 0.15) is 10.2 Å². The van der Waals surface area contributed by atoms with Crippen LogP contribution in [0, 0.1) is 0 Å². The molecule has 5 nitrogen and oxygen atoms in total. The Morgan fingerprint density at radius 2 is 2.44 bits per heavy atom. The molecule has 0 saturated heterocycles. The lowest BCUT2D eigenvalue weighted by atomic mass is 10.4. The average Bonchev–Trinajstić information content (AvgIpc) is 2.87. The number of aromatic nitrogens is 2. The van der Waals surface area contributed by atoms with Gasteiger partial charge in [0.2, 0.25) is 0 Å². The van der Waals surface area contributed by atoms with E-state index in [1.165, 1.54) is 4.68 Å². The first-order valence-corrected chi connectivity index (χ1v) is 6.14. The molecular formula is C12H12BrN3O2. The van der Waals surface area contributed by atoms with Crippen LogP contribution in [0.3, 0.4) is 0 Å². The summed E-state index contributed by atoms with van der Waals surface area (Å²) in [4.78, 5) is 11.9. The lowest BCUT2D eigenvalue weighted by Crippen LogP contribution is -2.23. The van der Waals surface area contributed by atoms with E-state index in [4.69, 9.17) is 4.42 Å². The van der Waals surface area contributed by atoms with Gasteiger partial charge in [-0.2, -0.15) is 5.10 Å². The molecule has 6 heteroatoms. The zero-order valence-corrected chi connectivity index (χ0v) is 11.2. The second kappa shape index (κ2) is 5.68. The Morgan fingerprint density at radius 1 is 1.61 bits per heavy atom. The number of allylic oxidation sites excluding steroid dienone is 1. The van der Waals surface area contributed by atoms with Crippen molar-refractivity contribution in [1.82, 2.24) is 9.78 Å². The Bertz CT molecular complexity index is 590. The molecule has 0 fully saturated rings. The lowest BCUT2D eigenvalue weighted by Gasteiger charge is -2.08. The SMILES string of the molecule is C=CCn1ncc(NCc2ccco2)c(Br)c1=O. The van der Waals surface area contributed by atoms with Gasteiger partial charge < -0.3 is 9.73 Å². The number of halogens is 1. The topological polar surface area (TPSA) is 60.1 Å². The van der Waals surface area contributed by atoms with Gasteiger partial charge in [0, 0.05) is 0 Å². The van der Waals surface area contributed by atoms with Crippen molar-refractivity contribution in [2.24, 2.45) is 0 Å². The molecule has 0 bridgehead atoms. The summed E-state index contributed by atoms with van der Waals surface area (Å²) in [6, 6.07) is 3.67. The van der Waals surface area contributed by atoms with Gasteiger partial charge in [-0.1, -0.05) is 6.08 Å². The zero-order chi connectivity index (χ0) is 13.0. The summed E-state index contributed by atoms with van der Waals surface area (Å²) in [5, 5.41) is 7.12. The van der Waals surface area contributed by atoms with Gasteiger partial charge >= 0.3 is 0 Å². The van der Waals surface area contributed by atoms with Gasteiger partial charge in [-0.05, 0) is 28.1 Å². The van der Waals surface area contributed by atoms with E-state index in [0.717, 1.165) is 5.76 Å². The van der Waals surface area contributed by atoms with Crippen LogP contribution in [0.15, 0.2) is 50.9 Å². The number of hydrogen-bond donors (Lipinski definition) is 1. The molecule has 0 atom stereocenters. The fraction of sp³-hybridized carbons (Fsp3) is 0.167. The highest BCUT2D eigenvalue weighted by Crippen LogP contribution is 2.17. The Labute approximate surface area is 112 Å². The van der Waals surface area contributed by atoms with Crippen LogP contribution in [0.4, 0.5) is 5.69 Å².